The minimum Gasteiger partial charge on any atom is -0.468 e. The molecule has 1 aromatic rings. The van der Waals surface area contributed by atoms with E-state index in [4.69, 9.17) is 9.26 Å². The third kappa shape index (κ3) is 2.95. The zero-order valence-electron chi connectivity index (χ0n) is 14.0. The molecular weight excluding hydrogens is 312 g/mol. The number of aromatic nitrogens is 1. The molecule has 0 spiro atoms. The van der Waals surface area contributed by atoms with E-state index in [0.717, 1.165) is 18.5 Å². The fraction of sp³-hybridized carbons (Fsp3) is 0.647. The van der Waals surface area contributed by atoms with Crippen molar-refractivity contribution in [1.29, 1.82) is 0 Å². The Bertz CT molecular complexity index is 654. The normalized spacial score (nSPS) is 19.8. The van der Waals surface area contributed by atoms with Gasteiger partial charge in [-0.05, 0) is 19.8 Å². The van der Waals surface area contributed by atoms with E-state index in [1.165, 1.54) is 31.8 Å². The quantitative estimate of drug-likeness (QED) is 0.764. The number of Topliss-reactive ketones (excluding diaryl/α,β-unsaturated/α-hetero) is 1. The monoisotopic (exact) mass is 334 g/mol. The second kappa shape index (κ2) is 6.37. The zero-order chi connectivity index (χ0) is 17.3. The van der Waals surface area contributed by atoms with Crippen molar-refractivity contribution in [2.45, 2.75) is 44.9 Å². The van der Waals surface area contributed by atoms with Gasteiger partial charge < -0.3 is 14.2 Å². The Morgan fingerprint density at radius 1 is 1.33 bits per heavy atom. The molecule has 1 aromatic heterocycles. The number of ketones is 1. The van der Waals surface area contributed by atoms with Crippen LogP contribution in [0, 0.1) is 5.41 Å². The van der Waals surface area contributed by atoms with Crippen molar-refractivity contribution < 1.29 is 23.6 Å². The number of carbonyl (C=O) groups is 3. The van der Waals surface area contributed by atoms with Crippen LogP contribution in [-0.4, -0.2) is 47.9 Å². The van der Waals surface area contributed by atoms with Crippen molar-refractivity contribution in [3.05, 3.63) is 17.5 Å². The van der Waals surface area contributed by atoms with Gasteiger partial charge in [0.1, 0.15) is 11.2 Å². The van der Waals surface area contributed by atoms with Crippen LogP contribution in [0.1, 0.15) is 61.2 Å². The van der Waals surface area contributed by atoms with Gasteiger partial charge in [0.2, 0.25) is 5.76 Å². The molecule has 1 aliphatic heterocycles. The van der Waals surface area contributed by atoms with Gasteiger partial charge >= 0.3 is 5.97 Å². The van der Waals surface area contributed by atoms with E-state index in [0.29, 0.717) is 5.92 Å². The van der Waals surface area contributed by atoms with Crippen molar-refractivity contribution in [2.24, 2.45) is 5.41 Å². The highest BCUT2D eigenvalue weighted by Gasteiger charge is 2.53. The number of hydrogen-bond donors (Lipinski definition) is 0. The lowest BCUT2D eigenvalue weighted by Gasteiger charge is -2.46. The molecule has 2 aliphatic rings. The SMILES string of the molecule is COC(=O)C1(CC(C)=O)CN(C(=O)c2cc(C3CCCC3)no2)C1. The third-order valence-electron chi connectivity index (χ3n) is 4.99. The Labute approximate surface area is 140 Å². The summed E-state index contributed by atoms with van der Waals surface area (Å²) >= 11 is 0. The van der Waals surface area contributed by atoms with Crippen molar-refractivity contribution in [2.75, 3.05) is 20.2 Å². The summed E-state index contributed by atoms with van der Waals surface area (Å²) in [5.74, 6) is -0.284. The van der Waals surface area contributed by atoms with Crippen LogP contribution < -0.4 is 0 Å². The van der Waals surface area contributed by atoms with Gasteiger partial charge in [-0.1, -0.05) is 18.0 Å². The fourth-order valence-electron chi connectivity index (χ4n) is 3.79. The molecule has 2 fully saturated rings. The number of carbonyl (C=O) groups excluding carboxylic acids is 3. The van der Waals surface area contributed by atoms with E-state index >= 15 is 0 Å². The van der Waals surface area contributed by atoms with Crippen molar-refractivity contribution >= 4 is 17.7 Å². The van der Waals surface area contributed by atoms with Gasteiger partial charge in [0, 0.05) is 31.5 Å². The van der Waals surface area contributed by atoms with Gasteiger partial charge in [-0.3, -0.25) is 14.4 Å². The standard InChI is InChI=1S/C17H22N2O5/c1-11(20)8-17(16(22)23-2)9-19(10-17)15(21)14-7-13(18-24-14)12-5-3-4-6-12/h7,12H,3-6,8-10H2,1-2H3. The average Bonchev–Trinajstić information content (AvgIpc) is 3.18. The van der Waals surface area contributed by atoms with Crippen LogP contribution in [0.5, 0.6) is 0 Å². The summed E-state index contributed by atoms with van der Waals surface area (Å²) in [5, 5.41) is 4.03. The van der Waals surface area contributed by atoms with Crippen LogP contribution in [0.15, 0.2) is 10.6 Å². The fourth-order valence-corrected chi connectivity index (χ4v) is 3.79. The topological polar surface area (TPSA) is 89.7 Å². The van der Waals surface area contributed by atoms with E-state index < -0.39 is 11.4 Å². The smallest absolute Gasteiger partial charge is 0.315 e. The molecule has 1 aliphatic carbocycles. The van der Waals surface area contributed by atoms with Crippen LogP contribution >= 0.6 is 0 Å². The molecule has 1 saturated heterocycles. The van der Waals surface area contributed by atoms with Gasteiger partial charge in [-0.2, -0.15) is 0 Å². The number of ether oxygens (including phenoxy) is 1. The van der Waals surface area contributed by atoms with Crippen LogP contribution in [0.2, 0.25) is 0 Å². The van der Waals surface area contributed by atoms with E-state index in [2.05, 4.69) is 5.16 Å². The molecule has 0 aromatic carbocycles. The maximum atomic E-state index is 12.5. The minimum atomic E-state index is -0.926. The predicted octanol–water partition coefficient (Wildman–Crippen LogP) is 1.93. The van der Waals surface area contributed by atoms with Gasteiger partial charge in [0.05, 0.1) is 12.8 Å². The molecule has 0 bridgehead atoms. The first-order chi connectivity index (χ1) is 11.4. The summed E-state index contributed by atoms with van der Waals surface area (Å²) in [4.78, 5) is 37.4. The number of hydrogen-bond acceptors (Lipinski definition) is 6. The second-order valence-electron chi connectivity index (χ2n) is 6.91. The van der Waals surface area contributed by atoms with Crippen molar-refractivity contribution in [3.8, 4) is 0 Å². The zero-order valence-corrected chi connectivity index (χ0v) is 14.0. The molecule has 0 radical (unpaired) electrons. The maximum Gasteiger partial charge on any atom is 0.315 e. The highest BCUT2D eigenvalue weighted by atomic mass is 16.5. The predicted molar refractivity (Wildman–Crippen MR) is 83.4 cm³/mol. The number of esters is 1. The first-order valence-corrected chi connectivity index (χ1v) is 8.29. The van der Waals surface area contributed by atoms with E-state index in [1.54, 1.807) is 6.07 Å². The van der Waals surface area contributed by atoms with Gasteiger partial charge in [-0.15, -0.1) is 0 Å². The number of methoxy groups -OCH3 is 1. The molecule has 0 N–H and O–H groups in total. The summed E-state index contributed by atoms with van der Waals surface area (Å²) in [7, 11) is 1.29. The Balaban J connectivity index is 1.66. The molecule has 130 valence electrons. The van der Waals surface area contributed by atoms with Crippen molar-refractivity contribution in [3.63, 3.8) is 0 Å². The highest BCUT2D eigenvalue weighted by Crippen LogP contribution is 2.37. The molecule has 7 nitrogen and oxygen atoms in total. The Kier molecular flexibility index (Phi) is 4.43. The molecule has 7 heteroatoms. The van der Waals surface area contributed by atoms with Crippen LogP contribution in [-0.2, 0) is 14.3 Å². The molecule has 2 heterocycles. The summed E-state index contributed by atoms with van der Waals surface area (Å²) < 4.78 is 10.0. The summed E-state index contributed by atoms with van der Waals surface area (Å²) in [6.07, 6.45) is 4.59. The maximum absolute atomic E-state index is 12.5. The largest absolute Gasteiger partial charge is 0.468 e. The van der Waals surface area contributed by atoms with Gasteiger partial charge in [0.25, 0.3) is 5.91 Å². The first kappa shape index (κ1) is 16.7. The number of amides is 1. The van der Waals surface area contributed by atoms with E-state index in [9.17, 15) is 14.4 Å². The first-order valence-electron chi connectivity index (χ1n) is 8.29. The molecule has 24 heavy (non-hydrogen) atoms. The summed E-state index contributed by atoms with van der Waals surface area (Å²) in [6.45, 7) is 1.76. The van der Waals surface area contributed by atoms with Gasteiger partial charge in [0.15, 0.2) is 0 Å². The Morgan fingerprint density at radius 2 is 2.00 bits per heavy atom. The molecular formula is C17H22N2O5. The molecule has 0 unspecified atom stereocenters. The van der Waals surface area contributed by atoms with Crippen LogP contribution in [0.3, 0.4) is 0 Å². The summed E-state index contributed by atoms with van der Waals surface area (Å²) in [5.41, 5.74) is -0.0933. The molecule has 1 saturated carbocycles. The average molecular weight is 334 g/mol. The lowest BCUT2D eigenvalue weighted by Crippen LogP contribution is -2.63. The molecule has 3 rings (SSSR count). The van der Waals surface area contributed by atoms with E-state index in [1.807, 2.05) is 0 Å². The lowest BCUT2D eigenvalue weighted by atomic mass is 9.75. The van der Waals surface area contributed by atoms with E-state index in [-0.39, 0.29) is 37.0 Å². The number of rotatable bonds is 5. The van der Waals surface area contributed by atoms with Gasteiger partial charge in [-0.25, -0.2) is 0 Å². The number of nitrogens with zero attached hydrogens (tertiary/aromatic N) is 2. The Hall–Kier alpha value is -2.18. The minimum absolute atomic E-state index is 0.0766. The van der Waals surface area contributed by atoms with Crippen LogP contribution in [0.25, 0.3) is 0 Å². The number of likely N-dealkylation sites (tertiary alicyclic amines) is 1. The second-order valence-corrected chi connectivity index (χ2v) is 6.91. The molecule has 0 atom stereocenters. The van der Waals surface area contributed by atoms with Crippen molar-refractivity contribution in [1.82, 2.24) is 10.1 Å². The molecule has 1 amide bonds. The lowest BCUT2D eigenvalue weighted by molar-refractivity contribution is -0.164. The highest BCUT2D eigenvalue weighted by molar-refractivity contribution is 5.95. The van der Waals surface area contributed by atoms with Crippen LogP contribution in [0.4, 0.5) is 0 Å². The summed E-state index contributed by atoms with van der Waals surface area (Å²) in [6, 6.07) is 1.71. The Morgan fingerprint density at radius 3 is 2.58 bits per heavy atom. The third-order valence-corrected chi connectivity index (χ3v) is 4.99.